The molecule has 4 rings (SSSR count). The summed E-state index contributed by atoms with van der Waals surface area (Å²) in [6, 6.07) is 24.7. The van der Waals surface area contributed by atoms with Crippen LogP contribution in [0.5, 0.6) is 5.75 Å². The molecule has 1 unspecified atom stereocenters. The lowest BCUT2D eigenvalue weighted by Crippen LogP contribution is -2.22. The number of benzene rings is 3. The van der Waals surface area contributed by atoms with Gasteiger partial charge in [0.05, 0.1) is 0 Å². The van der Waals surface area contributed by atoms with Crippen molar-refractivity contribution < 1.29 is 5.11 Å². The van der Waals surface area contributed by atoms with Crippen molar-refractivity contribution in [1.82, 2.24) is 0 Å². The Kier molecular flexibility index (Phi) is 2.46. The first-order valence-corrected chi connectivity index (χ1v) is 7.20. The average Bonchev–Trinajstić information content (AvgIpc) is 2.79. The fraction of sp³-hybridized carbons (Fsp3) is 0.100. The highest BCUT2D eigenvalue weighted by molar-refractivity contribution is 5.83. The Hall–Kier alpha value is -2.54. The van der Waals surface area contributed by atoms with E-state index >= 15 is 0 Å². The van der Waals surface area contributed by atoms with Crippen molar-refractivity contribution in [3.05, 3.63) is 89.5 Å². The molecule has 0 aromatic heterocycles. The fourth-order valence-corrected chi connectivity index (χ4v) is 3.56. The molecule has 21 heavy (non-hydrogen) atoms. The van der Waals surface area contributed by atoms with Crippen molar-refractivity contribution in [1.29, 1.82) is 0 Å². The highest BCUT2D eigenvalue weighted by Gasteiger charge is 2.40. The van der Waals surface area contributed by atoms with Crippen molar-refractivity contribution in [2.24, 2.45) is 0 Å². The summed E-state index contributed by atoms with van der Waals surface area (Å²) in [5.74, 6) is 0.323. The van der Waals surface area contributed by atoms with Gasteiger partial charge in [0.1, 0.15) is 5.75 Å². The van der Waals surface area contributed by atoms with Gasteiger partial charge in [-0.2, -0.15) is 0 Å². The van der Waals surface area contributed by atoms with Gasteiger partial charge in [-0.15, -0.1) is 0 Å². The van der Waals surface area contributed by atoms with E-state index in [-0.39, 0.29) is 5.41 Å². The predicted octanol–water partition coefficient (Wildman–Crippen LogP) is 4.73. The Morgan fingerprint density at radius 2 is 1.38 bits per heavy atom. The third-order valence-corrected chi connectivity index (χ3v) is 4.65. The van der Waals surface area contributed by atoms with E-state index in [1.165, 1.54) is 27.8 Å². The first kappa shape index (κ1) is 12.2. The highest BCUT2D eigenvalue weighted by Crippen LogP contribution is 2.52. The maximum absolute atomic E-state index is 9.95. The molecule has 0 fully saturated rings. The molecule has 1 aliphatic rings. The van der Waals surface area contributed by atoms with Gasteiger partial charge in [-0.3, -0.25) is 0 Å². The zero-order valence-electron chi connectivity index (χ0n) is 11.9. The van der Waals surface area contributed by atoms with Crippen LogP contribution in [0.2, 0.25) is 0 Å². The van der Waals surface area contributed by atoms with Gasteiger partial charge in [0.25, 0.3) is 0 Å². The zero-order chi connectivity index (χ0) is 14.4. The Morgan fingerprint density at radius 3 is 2.19 bits per heavy atom. The first-order chi connectivity index (χ1) is 10.2. The molecule has 0 amide bonds. The Morgan fingerprint density at radius 1 is 0.714 bits per heavy atom. The normalized spacial score (nSPS) is 19.1. The highest BCUT2D eigenvalue weighted by atomic mass is 16.3. The van der Waals surface area contributed by atoms with Crippen LogP contribution in [0.4, 0.5) is 0 Å². The van der Waals surface area contributed by atoms with E-state index in [1.54, 1.807) is 6.07 Å². The van der Waals surface area contributed by atoms with Crippen LogP contribution in [0.25, 0.3) is 11.1 Å². The monoisotopic (exact) mass is 272 g/mol. The second kappa shape index (κ2) is 4.23. The van der Waals surface area contributed by atoms with Gasteiger partial charge in [-0.1, -0.05) is 60.7 Å². The molecule has 1 N–H and O–H groups in total. The van der Waals surface area contributed by atoms with Crippen molar-refractivity contribution in [3.63, 3.8) is 0 Å². The van der Waals surface area contributed by atoms with Gasteiger partial charge in [0.15, 0.2) is 0 Å². The van der Waals surface area contributed by atoms with Gasteiger partial charge in [-0.05, 0) is 46.9 Å². The van der Waals surface area contributed by atoms with Gasteiger partial charge in [0.2, 0.25) is 0 Å². The van der Waals surface area contributed by atoms with Crippen LogP contribution in [-0.2, 0) is 5.41 Å². The molecule has 0 radical (unpaired) electrons. The maximum atomic E-state index is 9.95. The van der Waals surface area contributed by atoms with Crippen LogP contribution >= 0.6 is 0 Å². The molecule has 0 aliphatic heterocycles. The summed E-state index contributed by atoms with van der Waals surface area (Å²) in [6.07, 6.45) is 0. The van der Waals surface area contributed by atoms with Gasteiger partial charge < -0.3 is 5.11 Å². The standard InChI is InChI=1S/C20H16O/c1-20(14-7-3-2-4-8-14)18-10-6-5-9-16(18)17-12-11-15(21)13-19(17)20/h2-13,21H,1H3. The van der Waals surface area contributed by atoms with Crippen LogP contribution < -0.4 is 0 Å². The number of phenols is 1. The van der Waals surface area contributed by atoms with Crippen molar-refractivity contribution in [2.45, 2.75) is 12.3 Å². The van der Waals surface area contributed by atoms with Gasteiger partial charge in [0, 0.05) is 5.41 Å². The van der Waals surface area contributed by atoms with Crippen LogP contribution in [0.3, 0.4) is 0 Å². The van der Waals surface area contributed by atoms with E-state index in [9.17, 15) is 5.11 Å². The van der Waals surface area contributed by atoms with Crippen molar-refractivity contribution in [2.75, 3.05) is 0 Å². The third-order valence-electron chi connectivity index (χ3n) is 4.65. The second-order valence-corrected chi connectivity index (χ2v) is 5.77. The molecule has 1 atom stereocenters. The Labute approximate surface area is 124 Å². The van der Waals surface area contributed by atoms with Crippen molar-refractivity contribution >= 4 is 0 Å². The molecule has 0 saturated heterocycles. The summed E-state index contributed by atoms with van der Waals surface area (Å²) in [5.41, 5.74) is 5.99. The van der Waals surface area contributed by atoms with E-state index in [2.05, 4.69) is 55.5 Å². The number of hydrogen-bond donors (Lipinski definition) is 1. The fourth-order valence-electron chi connectivity index (χ4n) is 3.56. The third kappa shape index (κ3) is 1.58. The lowest BCUT2D eigenvalue weighted by atomic mass is 9.74. The topological polar surface area (TPSA) is 20.2 Å². The summed E-state index contributed by atoms with van der Waals surface area (Å²) in [7, 11) is 0. The number of aromatic hydroxyl groups is 1. The molecule has 0 bridgehead atoms. The summed E-state index contributed by atoms with van der Waals surface area (Å²) in [5, 5.41) is 9.95. The van der Waals surface area contributed by atoms with E-state index in [1.807, 2.05) is 18.2 Å². The molecule has 1 heteroatoms. The summed E-state index contributed by atoms with van der Waals surface area (Å²) in [6.45, 7) is 2.24. The van der Waals surface area contributed by atoms with Gasteiger partial charge in [-0.25, -0.2) is 0 Å². The van der Waals surface area contributed by atoms with Gasteiger partial charge >= 0.3 is 0 Å². The molecule has 102 valence electrons. The molecule has 0 saturated carbocycles. The quantitative estimate of drug-likeness (QED) is 0.679. The summed E-state index contributed by atoms with van der Waals surface area (Å²) >= 11 is 0. The molecule has 3 aromatic carbocycles. The van der Waals surface area contributed by atoms with Crippen LogP contribution in [-0.4, -0.2) is 5.11 Å². The van der Waals surface area contributed by atoms with E-state index in [0.29, 0.717) is 5.75 Å². The molecular formula is C20H16O. The minimum absolute atomic E-state index is 0.216. The Bertz CT molecular complexity index is 820. The molecule has 0 heterocycles. The largest absolute Gasteiger partial charge is 0.508 e. The predicted molar refractivity (Wildman–Crippen MR) is 85.5 cm³/mol. The Balaban J connectivity index is 2.10. The molecule has 3 aromatic rings. The van der Waals surface area contributed by atoms with Crippen LogP contribution in [0.15, 0.2) is 72.8 Å². The first-order valence-electron chi connectivity index (χ1n) is 7.20. The average molecular weight is 272 g/mol. The van der Waals surface area contributed by atoms with Crippen LogP contribution in [0, 0.1) is 0 Å². The smallest absolute Gasteiger partial charge is 0.115 e. The molecular weight excluding hydrogens is 256 g/mol. The SMILES string of the molecule is CC1(c2ccccc2)c2ccccc2-c2ccc(O)cc21. The lowest BCUT2D eigenvalue weighted by molar-refractivity contribution is 0.473. The minimum atomic E-state index is -0.216. The molecule has 1 nitrogen and oxygen atoms in total. The number of phenolic OH excluding ortho intramolecular Hbond substituents is 1. The zero-order valence-corrected chi connectivity index (χ0v) is 11.9. The summed E-state index contributed by atoms with van der Waals surface area (Å²) < 4.78 is 0. The van der Waals surface area contributed by atoms with Crippen molar-refractivity contribution in [3.8, 4) is 16.9 Å². The van der Waals surface area contributed by atoms with E-state index in [4.69, 9.17) is 0 Å². The number of hydrogen-bond acceptors (Lipinski definition) is 1. The minimum Gasteiger partial charge on any atom is -0.508 e. The molecule has 0 spiro atoms. The van der Waals surface area contributed by atoms with Crippen LogP contribution in [0.1, 0.15) is 23.6 Å². The lowest BCUT2D eigenvalue weighted by Gasteiger charge is -2.28. The number of rotatable bonds is 1. The summed E-state index contributed by atoms with van der Waals surface area (Å²) in [4.78, 5) is 0. The van der Waals surface area contributed by atoms with E-state index < -0.39 is 0 Å². The number of fused-ring (bicyclic) bond motifs is 3. The molecule has 1 aliphatic carbocycles. The van der Waals surface area contributed by atoms with E-state index in [0.717, 1.165) is 0 Å². The maximum Gasteiger partial charge on any atom is 0.115 e. The second-order valence-electron chi connectivity index (χ2n) is 5.77.